The summed E-state index contributed by atoms with van der Waals surface area (Å²) in [6.07, 6.45) is 1.77. The van der Waals surface area contributed by atoms with E-state index in [1.807, 2.05) is 36.1 Å². The van der Waals surface area contributed by atoms with E-state index in [-0.39, 0.29) is 5.91 Å². The van der Waals surface area contributed by atoms with Gasteiger partial charge in [-0.25, -0.2) is 9.97 Å². The number of hydrogen-bond donors (Lipinski definition) is 1. The van der Waals surface area contributed by atoms with Crippen LogP contribution < -0.4 is 4.74 Å². The molecule has 4 aromatic rings. The van der Waals surface area contributed by atoms with Crippen molar-refractivity contribution in [2.45, 2.75) is 32.3 Å². The van der Waals surface area contributed by atoms with Crippen molar-refractivity contribution in [3.63, 3.8) is 0 Å². The maximum Gasteiger partial charge on any atom is 0.264 e. The molecule has 8 nitrogen and oxygen atoms in total. The summed E-state index contributed by atoms with van der Waals surface area (Å²) < 4.78 is 10.6. The Hall–Kier alpha value is -3.04. The van der Waals surface area contributed by atoms with Crippen LogP contribution in [0.2, 0.25) is 0 Å². The minimum absolute atomic E-state index is 0.0453. The predicted octanol–water partition coefficient (Wildman–Crippen LogP) is 4.05. The molecule has 0 atom stereocenters. The zero-order valence-corrected chi connectivity index (χ0v) is 19.2. The van der Waals surface area contributed by atoms with E-state index in [1.54, 1.807) is 14.2 Å². The summed E-state index contributed by atoms with van der Waals surface area (Å²) >= 11 is 1.40. The normalized spacial score (nSPS) is 15.0. The second-order valence-electron chi connectivity index (χ2n) is 8.02. The van der Waals surface area contributed by atoms with Crippen molar-refractivity contribution < 1.29 is 14.3 Å². The van der Waals surface area contributed by atoms with Crippen molar-refractivity contribution in [1.29, 1.82) is 0 Å². The Morgan fingerprint density at radius 2 is 1.97 bits per heavy atom. The van der Waals surface area contributed by atoms with E-state index in [9.17, 15) is 4.79 Å². The number of hydrogen-bond acceptors (Lipinski definition) is 7. The predicted molar refractivity (Wildman–Crippen MR) is 123 cm³/mol. The number of imidazole rings is 1. The number of benzene rings is 1. The summed E-state index contributed by atoms with van der Waals surface area (Å²) in [5.74, 6) is 2.42. The minimum atomic E-state index is 0.0453. The number of H-pyrrole nitrogens is 1. The first-order chi connectivity index (χ1) is 15.6. The molecule has 0 spiro atoms. The first-order valence-corrected chi connectivity index (χ1v) is 11.5. The van der Waals surface area contributed by atoms with Crippen LogP contribution in [0, 0.1) is 6.92 Å². The van der Waals surface area contributed by atoms with Gasteiger partial charge in [-0.2, -0.15) is 4.98 Å². The zero-order valence-electron chi connectivity index (χ0n) is 18.3. The maximum absolute atomic E-state index is 13.4. The molecule has 1 fully saturated rings. The topological polar surface area (TPSA) is 93.2 Å². The molecule has 4 heterocycles. The van der Waals surface area contributed by atoms with Gasteiger partial charge >= 0.3 is 0 Å². The lowest BCUT2D eigenvalue weighted by molar-refractivity contribution is 0.0715. The Morgan fingerprint density at radius 3 is 2.69 bits per heavy atom. The molecule has 1 aliphatic heterocycles. The minimum Gasteiger partial charge on any atom is -0.480 e. The van der Waals surface area contributed by atoms with Crippen molar-refractivity contribution in [2.75, 3.05) is 27.3 Å². The number of para-hydroxylation sites is 2. The molecule has 5 rings (SSSR count). The maximum atomic E-state index is 13.4. The zero-order chi connectivity index (χ0) is 22.2. The SMILES string of the molecule is COCc1nc(OC)c2c(C)c(C(=O)N3CCC(c4nc5ccccc5[nH]4)CC3)sc2n1. The number of methoxy groups -OCH3 is 2. The van der Waals surface area contributed by atoms with Crippen molar-refractivity contribution in [3.8, 4) is 5.88 Å². The molecule has 1 saturated heterocycles. The fraction of sp³-hybridized carbons (Fsp3) is 0.391. The number of thiophene rings is 1. The number of rotatable bonds is 5. The number of aromatic nitrogens is 4. The van der Waals surface area contributed by atoms with Crippen LogP contribution in [0.5, 0.6) is 5.88 Å². The number of likely N-dealkylation sites (tertiary alicyclic amines) is 1. The standard InChI is InChI=1S/C23H25N5O3S/c1-13-18-21(31-3)26-17(12-30-2)27-22(18)32-19(13)23(29)28-10-8-14(9-11-28)20-24-15-6-4-5-7-16(15)25-20/h4-7,14H,8-12H2,1-3H3,(H,24,25). The van der Waals surface area contributed by atoms with Crippen LogP contribution in [0.15, 0.2) is 24.3 Å². The number of amides is 1. The molecule has 0 unspecified atom stereocenters. The van der Waals surface area contributed by atoms with Gasteiger partial charge < -0.3 is 19.4 Å². The molecule has 0 saturated carbocycles. The van der Waals surface area contributed by atoms with Gasteiger partial charge in [0.05, 0.1) is 28.4 Å². The van der Waals surface area contributed by atoms with Crippen LogP contribution in [-0.4, -0.2) is 58.1 Å². The molecule has 3 aromatic heterocycles. The Bertz CT molecular complexity index is 1260. The largest absolute Gasteiger partial charge is 0.480 e. The second-order valence-corrected chi connectivity index (χ2v) is 9.02. The van der Waals surface area contributed by atoms with Gasteiger partial charge in [-0.3, -0.25) is 4.79 Å². The lowest BCUT2D eigenvalue weighted by Gasteiger charge is -2.31. The van der Waals surface area contributed by atoms with Crippen LogP contribution in [0.3, 0.4) is 0 Å². The fourth-order valence-corrected chi connectivity index (χ4v) is 5.51. The molecule has 1 aliphatic rings. The van der Waals surface area contributed by atoms with E-state index in [4.69, 9.17) is 14.5 Å². The lowest BCUT2D eigenvalue weighted by Crippen LogP contribution is -2.38. The van der Waals surface area contributed by atoms with Crippen molar-refractivity contribution in [2.24, 2.45) is 0 Å². The van der Waals surface area contributed by atoms with Crippen LogP contribution in [0.1, 0.15) is 45.6 Å². The van der Waals surface area contributed by atoms with E-state index in [0.29, 0.717) is 42.2 Å². The number of aryl methyl sites for hydroxylation is 1. The van der Waals surface area contributed by atoms with Crippen LogP contribution in [0.25, 0.3) is 21.3 Å². The molecule has 1 aromatic carbocycles. The van der Waals surface area contributed by atoms with Crippen molar-refractivity contribution >= 4 is 38.5 Å². The van der Waals surface area contributed by atoms with Gasteiger partial charge in [0.1, 0.15) is 17.3 Å². The Balaban J connectivity index is 1.36. The first kappa shape index (κ1) is 20.8. The third kappa shape index (κ3) is 3.61. The Morgan fingerprint density at radius 1 is 1.19 bits per heavy atom. The summed E-state index contributed by atoms with van der Waals surface area (Å²) in [5, 5.41) is 0.804. The van der Waals surface area contributed by atoms with Crippen LogP contribution in [0.4, 0.5) is 0 Å². The van der Waals surface area contributed by atoms with Crippen LogP contribution in [-0.2, 0) is 11.3 Å². The number of nitrogens with one attached hydrogen (secondary N) is 1. The molecule has 0 bridgehead atoms. The number of nitrogens with zero attached hydrogens (tertiary/aromatic N) is 4. The van der Waals surface area contributed by atoms with Gasteiger partial charge in [0, 0.05) is 26.1 Å². The van der Waals surface area contributed by atoms with Gasteiger partial charge in [0.25, 0.3) is 5.91 Å². The summed E-state index contributed by atoms with van der Waals surface area (Å²) in [4.78, 5) is 34.0. The van der Waals surface area contributed by atoms with E-state index in [0.717, 1.165) is 45.5 Å². The Labute approximate surface area is 189 Å². The molecule has 166 valence electrons. The highest BCUT2D eigenvalue weighted by molar-refractivity contribution is 7.20. The smallest absolute Gasteiger partial charge is 0.264 e. The van der Waals surface area contributed by atoms with Gasteiger partial charge in [0.2, 0.25) is 5.88 Å². The van der Waals surface area contributed by atoms with Gasteiger partial charge in [-0.1, -0.05) is 12.1 Å². The van der Waals surface area contributed by atoms with E-state index in [2.05, 4.69) is 15.0 Å². The number of piperidine rings is 1. The molecule has 1 amide bonds. The summed E-state index contributed by atoms with van der Waals surface area (Å²) in [6.45, 7) is 3.63. The highest BCUT2D eigenvalue weighted by atomic mass is 32.1. The average Bonchev–Trinajstić information content (AvgIpc) is 3.40. The highest BCUT2D eigenvalue weighted by Crippen LogP contribution is 2.37. The number of aromatic amines is 1. The molecular weight excluding hydrogens is 426 g/mol. The summed E-state index contributed by atoms with van der Waals surface area (Å²) in [5.41, 5.74) is 2.92. The van der Waals surface area contributed by atoms with Crippen molar-refractivity contribution in [3.05, 3.63) is 46.4 Å². The quantitative estimate of drug-likeness (QED) is 0.492. The number of ether oxygens (including phenoxy) is 2. The summed E-state index contributed by atoms with van der Waals surface area (Å²) in [6, 6.07) is 8.08. The molecule has 0 aliphatic carbocycles. The van der Waals surface area contributed by atoms with Gasteiger partial charge in [-0.05, 0) is 37.5 Å². The van der Waals surface area contributed by atoms with Crippen LogP contribution >= 0.6 is 11.3 Å². The second kappa shape index (κ2) is 8.48. The Kier molecular flexibility index (Phi) is 5.52. The fourth-order valence-electron chi connectivity index (χ4n) is 4.36. The molecule has 0 radical (unpaired) electrons. The highest BCUT2D eigenvalue weighted by Gasteiger charge is 2.29. The number of carbonyl (C=O) groups excluding carboxylic acids is 1. The van der Waals surface area contributed by atoms with Gasteiger partial charge in [0.15, 0.2) is 5.82 Å². The third-order valence-electron chi connectivity index (χ3n) is 6.04. The van der Waals surface area contributed by atoms with E-state index >= 15 is 0 Å². The summed E-state index contributed by atoms with van der Waals surface area (Å²) in [7, 11) is 3.18. The third-order valence-corrected chi connectivity index (χ3v) is 7.21. The first-order valence-electron chi connectivity index (χ1n) is 10.7. The van der Waals surface area contributed by atoms with E-state index in [1.165, 1.54) is 11.3 Å². The lowest BCUT2D eigenvalue weighted by atomic mass is 9.96. The molecule has 9 heteroatoms. The molecule has 1 N–H and O–H groups in total. The van der Waals surface area contributed by atoms with Crippen molar-refractivity contribution in [1.82, 2.24) is 24.8 Å². The number of carbonyl (C=O) groups is 1. The van der Waals surface area contributed by atoms with E-state index < -0.39 is 0 Å². The number of fused-ring (bicyclic) bond motifs is 2. The molecular formula is C23H25N5O3S. The van der Waals surface area contributed by atoms with Gasteiger partial charge in [-0.15, -0.1) is 11.3 Å². The average molecular weight is 452 g/mol. The monoisotopic (exact) mass is 451 g/mol. The molecule has 32 heavy (non-hydrogen) atoms.